The Bertz CT molecular complexity index is 844. The van der Waals surface area contributed by atoms with Crippen molar-refractivity contribution < 1.29 is 22.0 Å². The second-order valence-electron chi connectivity index (χ2n) is 6.65. The number of rotatable bonds is 7. The van der Waals surface area contributed by atoms with Crippen LogP contribution in [0.15, 0.2) is 52.0 Å². The summed E-state index contributed by atoms with van der Waals surface area (Å²) < 4.78 is 45.9. The molecular weight excluding hydrogens is 371 g/mol. The Hall–Kier alpha value is -2.19. The highest BCUT2D eigenvalue weighted by molar-refractivity contribution is 7.89. The van der Waals surface area contributed by atoms with Crippen LogP contribution in [0.1, 0.15) is 37.9 Å². The Morgan fingerprint density at radius 1 is 1.15 bits per heavy atom. The van der Waals surface area contributed by atoms with Crippen molar-refractivity contribution >= 4 is 15.9 Å². The minimum atomic E-state index is -3.90. The van der Waals surface area contributed by atoms with Gasteiger partial charge in [-0.1, -0.05) is 19.3 Å². The van der Waals surface area contributed by atoms with Gasteiger partial charge in [-0.05, 0) is 49.2 Å². The number of benzene rings is 1. The first-order valence-electron chi connectivity index (χ1n) is 9.03. The number of carbonyl (C=O) groups is 1. The maximum absolute atomic E-state index is 13.2. The summed E-state index contributed by atoms with van der Waals surface area (Å²) in [6, 6.07) is 7.92. The number of nitrogens with one attached hydrogen (secondary N) is 1. The molecule has 0 saturated heterocycles. The molecule has 1 heterocycles. The van der Waals surface area contributed by atoms with Crippen LogP contribution in [-0.4, -0.2) is 31.2 Å². The fraction of sp³-hybridized carbons (Fsp3) is 0.421. The number of halogens is 1. The Labute approximate surface area is 158 Å². The fourth-order valence-electron chi connectivity index (χ4n) is 3.32. The maximum Gasteiger partial charge on any atom is 0.243 e. The van der Waals surface area contributed by atoms with E-state index in [9.17, 15) is 17.6 Å². The zero-order valence-corrected chi connectivity index (χ0v) is 15.8. The average Bonchev–Trinajstić information content (AvgIpc) is 3.19. The fourth-order valence-corrected chi connectivity index (χ4v) is 4.96. The topological polar surface area (TPSA) is 79.6 Å². The zero-order chi connectivity index (χ0) is 19.3. The Kier molecular flexibility index (Phi) is 6.28. The quantitative estimate of drug-likeness (QED) is 0.783. The van der Waals surface area contributed by atoms with E-state index < -0.39 is 21.7 Å². The van der Waals surface area contributed by atoms with Crippen LogP contribution >= 0.6 is 0 Å². The van der Waals surface area contributed by atoms with Crippen LogP contribution in [0.4, 0.5) is 4.39 Å². The van der Waals surface area contributed by atoms with Crippen molar-refractivity contribution in [1.29, 1.82) is 0 Å². The van der Waals surface area contributed by atoms with E-state index in [1.165, 1.54) is 22.7 Å². The number of furan rings is 1. The van der Waals surface area contributed by atoms with Gasteiger partial charge in [0.2, 0.25) is 15.9 Å². The molecule has 6 nitrogen and oxygen atoms in total. The molecule has 27 heavy (non-hydrogen) atoms. The van der Waals surface area contributed by atoms with Crippen LogP contribution in [0, 0.1) is 5.82 Å². The van der Waals surface area contributed by atoms with Gasteiger partial charge < -0.3 is 9.73 Å². The summed E-state index contributed by atoms with van der Waals surface area (Å²) in [5.74, 6) is -0.314. The van der Waals surface area contributed by atoms with E-state index in [2.05, 4.69) is 5.32 Å². The summed E-state index contributed by atoms with van der Waals surface area (Å²) in [7, 11) is -3.90. The molecule has 0 spiro atoms. The molecule has 2 aromatic rings. The van der Waals surface area contributed by atoms with Gasteiger partial charge in [0.15, 0.2) is 0 Å². The summed E-state index contributed by atoms with van der Waals surface area (Å²) >= 11 is 0. The van der Waals surface area contributed by atoms with E-state index in [1.807, 2.05) is 0 Å². The van der Waals surface area contributed by atoms with Crippen LogP contribution in [-0.2, 0) is 21.4 Å². The van der Waals surface area contributed by atoms with E-state index in [-0.39, 0.29) is 24.0 Å². The molecule has 0 radical (unpaired) electrons. The van der Waals surface area contributed by atoms with Gasteiger partial charge in [0.25, 0.3) is 0 Å². The highest BCUT2D eigenvalue weighted by atomic mass is 32.2. The standard InChI is InChI=1S/C19H23FN2O4S/c20-15-8-10-18(11-9-15)27(24,25)22(16-5-2-1-3-6-16)14-19(23)21-13-17-7-4-12-26-17/h4,7-12,16H,1-3,5-6,13-14H2,(H,21,23). The van der Waals surface area contributed by atoms with Crippen molar-refractivity contribution in [3.63, 3.8) is 0 Å². The van der Waals surface area contributed by atoms with Crippen molar-refractivity contribution in [3.8, 4) is 0 Å². The summed E-state index contributed by atoms with van der Waals surface area (Å²) in [6.07, 6.45) is 5.85. The molecule has 146 valence electrons. The molecule has 1 amide bonds. The molecule has 1 aliphatic rings. The van der Waals surface area contributed by atoms with E-state index in [1.54, 1.807) is 12.1 Å². The van der Waals surface area contributed by atoms with Gasteiger partial charge >= 0.3 is 0 Å². The molecule has 1 aliphatic carbocycles. The van der Waals surface area contributed by atoms with Crippen LogP contribution in [0.3, 0.4) is 0 Å². The second kappa shape index (κ2) is 8.67. The third-order valence-corrected chi connectivity index (χ3v) is 6.65. The molecule has 0 aliphatic heterocycles. The van der Waals surface area contributed by atoms with E-state index in [4.69, 9.17) is 4.42 Å². The lowest BCUT2D eigenvalue weighted by Gasteiger charge is -2.33. The summed E-state index contributed by atoms with van der Waals surface area (Å²) in [5.41, 5.74) is 0. The SMILES string of the molecule is O=C(CN(C1CCCCC1)S(=O)(=O)c1ccc(F)cc1)NCc1ccco1. The van der Waals surface area contributed by atoms with Crippen LogP contribution < -0.4 is 5.32 Å². The molecule has 1 aromatic carbocycles. The van der Waals surface area contributed by atoms with Gasteiger partial charge in [0.1, 0.15) is 11.6 Å². The lowest BCUT2D eigenvalue weighted by atomic mass is 9.95. The van der Waals surface area contributed by atoms with Crippen molar-refractivity contribution in [2.75, 3.05) is 6.54 Å². The van der Waals surface area contributed by atoms with Gasteiger partial charge in [0, 0.05) is 6.04 Å². The van der Waals surface area contributed by atoms with Crippen LogP contribution in [0.2, 0.25) is 0 Å². The predicted octanol–water partition coefficient (Wildman–Crippen LogP) is 3.06. The number of amides is 1. The van der Waals surface area contributed by atoms with E-state index >= 15 is 0 Å². The molecule has 0 unspecified atom stereocenters. The van der Waals surface area contributed by atoms with Crippen molar-refractivity contribution in [3.05, 3.63) is 54.2 Å². The van der Waals surface area contributed by atoms with Crippen molar-refractivity contribution in [2.24, 2.45) is 0 Å². The Morgan fingerprint density at radius 3 is 2.48 bits per heavy atom. The first-order valence-corrected chi connectivity index (χ1v) is 10.5. The van der Waals surface area contributed by atoms with Gasteiger partial charge in [-0.2, -0.15) is 4.31 Å². The normalized spacial score (nSPS) is 15.8. The molecule has 1 N–H and O–H groups in total. The molecule has 1 aromatic heterocycles. The minimum Gasteiger partial charge on any atom is -0.467 e. The Morgan fingerprint density at radius 2 is 1.85 bits per heavy atom. The van der Waals surface area contributed by atoms with Crippen LogP contribution in [0.5, 0.6) is 0 Å². The number of hydrogen-bond acceptors (Lipinski definition) is 4. The second-order valence-corrected chi connectivity index (χ2v) is 8.54. The number of nitrogens with zero attached hydrogens (tertiary/aromatic N) is 1. The number of hydrogen-bond donors (Lipinski definition) is 1. The highest BCUT2D eigenvalue weighted by Gasteiger charge is 2.33. The minimum absolute atomic E-state index is 0.00620. The number of carbonyl (C=O) groups excluding carboxylic acids is 1. The first-order chi connectivity index (χ1) is 13.0. The summed E-state index contributed by atoms with van der Waals surface area (Å²) in [6.45, 7) is -0.0774. The van der Waals surface area contributed by atoms with Gasteiger partial charge in [-0.3, -0.25) is 4.79 Å². The van der Waals surface area contributed by atoms with Crippen LogP contribution in [0.25, 0.3) is 0 Å². The first kappa shape index (κ1) is 19.6. The van der Waals surface area contributed by atoms with Gasteiger partial charge in [0.05, 0.1) is 24.2 Å². The average molecular weight is 394 g/mol. The van der Waals surface area contributed by atoms with Gasteiger partial charge in [-0.15, -0.1) is 0 Å². The molecule has 1 saturated carbocycles. The molecule has 8 heteroatoms. The molecule has 1 fully saturated rings. The van der Waals surface area contributed by atoms with Gasteiger partial charge in [-0.25, -0.2) is 12.8 Å². The molecule has 0 atom stereocenters. The summed E-state index contributed by atoms with van der Waals surface area (Å²) in [4.78, 5) is 12.4. The lowest BCUT2D eigenvalue weighted by Crippen LogP contribution is -2.46. The molecule has 3 rings (SSSR count). The molecular formula is C19H23FN2O4S. The Balaban J connectivity index is 1.77. The number of sulfonamides is 1. The third kappa shape index (κ3) is 4.95. The monoisotopic (exact) mass is 394 g/mol. The van der Waals surface area contributed by atoms with Crippen molar-refractivity contribution in [2.45, 2.75) is 49.6 Å². The third-order valence-electron chi connectivity index (χ3n) is 4.74. The van der Waals surface area contributed by atoms with E-state index in [0.717, 1.165) is 31.4 Å². The maximum atomic E-state index is 13.2. The molecule has 0 bridgehead atoms. The predicted molar refractivity (Wildman–Crippen MR) is 97.7 cm³/mol. The largest absolute Gasteiger partial charge is 0.467 e. The smallest absolute Gasteiger partial charge is 0.243 e. The highest BCUT2D eigenvalue weighted by Crippen LogP contribution is 2.27. The zero-order valence-electron chi connectivity index (χ0n) is 14.9. The van der Waals surface area contributed by atoms with E-state index in [0.29, 0.717) is 18.6 Å². The lowest BCUT2D eigenvalue weighted by molar-refractivity contribution is -0.122. The van der Waals surface area contributed by atoms with Crippen molar-refractivity contribution in [1.82, 2.24) is 9.62 Å². The summed E-state index contributed by atoms with van der Waals surface area (Å²) in [5, 5.41) is 2.69.